The lowest BCUT2D eigenvalue weighted by Gasteiger charge is -2.11. The van der Waals surface area contributed by atoms with Crippen molar-refractivity contribution >= 4 is 29.1 Å². The van der Waals surface area contributed by atoms with E-state index in [2.05, 4.69) is 20.6 Å². The fourth-order valence-corrected chi connectivity index (χ4v) is 2.78. The first-order valence-electron chi connectivity index (χ1n) is 6.91. The van der Waals surface area contributed by atoms with Crippen LogP contribution in [0.4, 0.5) is 5.82 Å². The molecule has 1 N–H and O–H groups in total. The summed E-state index contributed by atoms with van der Waals surface area (Å²) in [7, 11) is 0. The number of amides is 1. The van der Waals surface area contributed by atoms with Gasteiger partial charge in [0.1, 0.15) is 5.82 Å². The fraction of sp³-hybridized carbons (Fsp3) is 0.286. The summed E-state index contributed by atoms with van der Waals surface area (Å²) < 4.78 is 3.63. The normalized spacial score (nSPS) is 11.2. The highest BCUT2D eigenvalue weighted by atomic mass is 32.2. The zero-order valence-corrected chi connectivity index (χ0v) is 13.1. The summed E-state index contributed by atoms with van der Waals surface area (Å²) in [5.74, 6) is 0.866. The van der Waals surface area contributed by atoms with Crippen LogP contribution in [0.2, 0.25) is 0 Å². The number of thioether (sulfide) groups is 1. The minimum absolute atomic E-state index is 0.0971. The first kappa shape index (κ1) is 14.6. The molecule has 0 aliphatic heterocycles. The number of pyridine rings is 1. The second kappa shape index (κ2) is 6.18. The zero-order chi connectivity index (χ0) is 15.5. The Labute approximate surface area is 131 Å². The van der Waals surface area contributed by atoms with Crippen LogP contribution in [0.3, 0.4) is 0 Å². The second-order valence-corrected chi connectivity index (χ2v) is 5.95. The van der Waals surface area contributed by atoms with Crippen molar-refractivity contribution in [1.29, 1.82) is 0 Å². The summed E-state index contributed by atoms with van der Waals surface area (Å²) in [5.41, 5.74) is 0.767. The number of fused-ring (bicyclic) bond motifs is 1. The van der Waals surface area contributed by atoms with Crippen LogP contribution in [0.5, 0.6) is 0 Å². The Bertz CT molecular complexity index is 793. The van der Waals surface area contributed by atoms with Gasteiger partial charge in [0.05, 0.1) is 11.9 Å². The van der Waals surface area contributed by atoms with Gasteiger partial charge in [0, 0.05) is 18.3 Å². The molecular formula is C14H16N6OS. The molecule has 3 aromatic rings. The number of carbonyl (C=O) groups excluding carboxylic acids is 1. The van der Waals surface area contributed by atoms with Crippen molar-refractivity contribution in [2.24, 2.45) is 0 Å². The SMILES string of the molecule is CC(C)n1nccc1NC(=O)CSc1nnc2ccccn12. The Morgan fingerprint density at radius 2 is 2.18 bits per heavy atom. The third kappa shape index (κ3) is 2.96. The number of hydrogen-bond donors (Lipinski definition) is 1. The highest BCUT2D eigenvalue weighted by molar-refractivity contribution is 7.99. The number of carbonyl (C=O) groups is 1. The lowest BCUT2D eigenvalue weighted by molar-refractivity contribution is -0.113. The van der Waals surface area contributed by atoms with E-state index >= 15 is 0 Å². The minimum Gasteiger partial charge on any atom is -0.310 e. The predicted octanol–water partition coefficient (Wildman–Crippen LogP) is 2.24. The molecule has 0 aliphatic carbocycles. The first-order chi connectivity index (χ1) is 10.6. The zero-order valence-electron chi connectivity index (χ0n) is 12.3. The number of nitrogens with zero attached hydrogens (tertiary/aromatic N) is 5. The topological polar surface area (TPSA) is 77.1 Å². The van der Waals surface area contributed by atoms with Gasteiger partial charge in [0.2, 0.25) is 5.91 Å². The van der Waals surface area contributed by atoms with Crippen molar-refractivity contribution < 1.29 is 4.79 Å². The van der Waals surface area contributed by atoms with Gasteiger partial charge in [-0.25, -0.2) is 4.68 Å². The van der Waals surface area contributed by atoms with E-state index in [1.54, 1.807) is 16.9 Å². The average molecular weight is 316 g/mol. The third-order valence-corrected chi connectivity index (χ3v) is 3.98. The maximum Gasteiger partial charge on any atom is 0.235 e. The Morgan fingerprint density at radius 1 is 1.32 bits per heavy atom. The highest BCUT2D eigenvalue weighted by Crippen LogP contribution is 2.18. The van der Waals surface area contributed by atoms with E-state index in [1.807, 2.05) is 42.6 Å². The molecule has 22 heavy (non-hydrogen) atoms. The van der Waals surface area contributed by atoms with Gasteiger partial charge in [-0.05, 0) is 26.0 Å². The number of aromatic nitrogens is 5. The van der Waals surface area contributed by atoms with Crippen LogP contribution < -0.4 is 5.32 Å². The number of rotatable bonds is 5. The average Bonchev–Trinajstić information content (AvgIpc) is 3.12. The van der Waals surface area contributed by atoms with E-state index in [4.69, 9.17) is 0 Å². The Kier molecular flexibility index (Phi) is 4.10. The Hall–Kier alpha value is -2.35. The largest absolute Gasteiger partial charge is 0.310 e. The number of anilines is 1. The molecule has 8 heteroatoms. The third-order valence-electron chi connectivity index (χ3n) is 3.04. The van der Waals surface area contributed by atoms with E-state index in [1.165, 1.54) is 11.8 Å². The molecule has 0 radical (unpaired) electrons. The summed E-state index contributed by atoms with van der Waals surface area (Å²) >= 11 is 1.35. The molecule has 3 aromatic heterocycles. The van der Waals surface area contributed by atoms with E-state index in [9.17, 15) is 4.79 Å². The van der Waals surface area contributed by atoms with E-state index < -0.39 is 0 Å². The quantitative estimate of drug-likeness (QED) is 0.730. The highest BCUT2D eigenvalue weighted by Gasteiger charge is 2.12. The van der Waals surface area contributed by atoms with Gasteiger partial charge in [-0.3, -0.25) is 9.20 Å². The standard InChI is InChI=1S/C14H16N6OS/c1-10(2)20-11(6-7-15-20)16-13(21)9-22-14-18-17-12-5-3-4-8-19(12)14/h3-8,10H,9H2,1-2H3,(H,16,21). The minimum atomic E-state index is -0.0971. The predicted molar refractivity (Wildman–Crippen MR) is 85.0 cm³/mol. The molecule has 0 saturated heterocycles. The van der Waals surface area contributed by atoms with E-state index in [0.717, 1.165) is 5.65 Å². The van der Waals surface area contributed by atoms with Gasteiger partial charge in [-0.1, -0.05) is 17.8 Å². The summed E-state index contributed by atoms with van der Waals surface area (Å²) in [6.07, 6.45) is 3.55. The maximum absolute atomic E-state index is 12.1. The summed E-state index contributed by atoms with van der Waals surface area (Å²) in [6.45, 7) is 4.03. The van der Waals surface area contributed by atoms with Crippen LogP contribution in [0.15, 0.2) is 41.8 Å². The van der Waals surface area contributed by atoms with E-state index in [-0.39, 0.29) is 17.7 Å². The Balaban J connectivity index is 1.64. The van der Waals surface area contributed by atoms with Crippen molar-refractivity contribution in [3.63, 3.8) is 0 Å². The summed E-state index contributed by atoms with van der Waals surface area (Å²) in [4.78, 5) is 12.1. The molecular weight excluding hydrogens is 300 g/mol. The van der Waals surface area contributed by atoms with Gasteiger partial charge in [0.25, 0.3) is 0 Å². The molecule has 3 rings (SSSR count). The molecule has 1 amide bonds. The molecule has 0 spiro atoms. The molecule has 3 heterocycles. The summed E-state index contributed by atoms with van der Waals surface area (Å²) in [5, 5.41) is 15.9. The van der Waals surface area contributed by atoms with Gasteiger partial charge >= 0.3 is 0 Å². The molecule has 114 valence electrons. The monoisotopic (exact) mass is 316 g/mol. The molecule has 0 bridgehead atoms. The van der Waals surface area contributed by atoms with E-state index in [0.29, 0.717) is 11.0 Å². The Morgan fingerprint density at radius 3 is 3.00 bits per heavy atom. The molecule has 0 aromatic carbocycles. The van der Waals surface area contributed by atoms with Gasteiger partial charge < -0.3 is 5.32 Å². The number of hydrogen-bond acceptors (Lipinski definition) is 5. The lowest BCUT2D eigenvalue weighted by atomic mass is 10.4. The van der Waals surface area contributed by atoms with Crippen molar-refractivity contribution in [1.82, 2.24) is 24.4 Å². The van der Waals surface area contributed by atoms with Crippen LogP contribution in [0.1, 0.15) is 19.9 Å². The van der Waals surface area contributed by atoms with Crippen LogP contribution >= 0.6 is 11.8 Å². The van der Waals surface area contributed by atoms with Gasteiger partial charge in [0.15, 0.2) is 10.8 Å². The molecule has 0 unspecified atom stereocenters. The van der Waals surface area contributed by atoms with Crippen LogP contribution in [-0.4, -0.2) is 36.0 Å². The second-order valence-electron chi connectivity index (χ2n) is 5.00. The van der Waals surface area contributed by atoms with Crippen LogP contribution in [-0.2, 0) is 4.79 Å². The number of nitrogens with one attached hydrogen (secondary N) is 1. The molecule has 0 fully saturated rings. The molecule has 0 atom stereocenters. The smallest absolute Gasteiger partial charge is 0.235 e. The molecule has 7 nitrogen and oxygen atoms in total. The van der Waals surface area contributed by atoms with Crippen LogP contribution in [0, 0.1) is 0 Å². The van der Waals surface area contributed by atoms with Crippen molar-refractivity contribution in [2.75, 3.05) is 11.1 Å². The van der Waals surface area contributed by atoms with Crippen molar-refractivity contribution in [3.8, 4) is 0 Å². The first-order valence-corrected chi connectivity index (χ1v) is 7.89. The van der Waals surface area contributed by atoms with Gasteiger partial charge in [-0.2, -0.15) is 5.10 Å². The van der Waals surface area contributed by atoms with Gasteiger partial charge in [-0.15, -0.1) is 10.2 Å². The molecule has 0 saturated carbocycles. The van der Waals surface area contributed by atoms with Crippen LogP contribution in [0.25, 0.3) is 5.65 Å². The van der Waals surface area contributed by atoms with Crippen molar-refractivity contribution in [3.05, 3.63) is 36.7 Å². The molecule has 0 aliphatic rings. The summed E-state index contributed by atoms with van der Waals surface area (Å²) in [6, 6.07) is 7.66. The lowest BCUT2D eigenvalue weighted by Crippen LogP contribution is -2.18. The fourth-order valence-electron chi connectivity index (χ4n) is 2.05. The maximum atomic E-state index is 12.1. The van der Waals surface area contributed by atoms with Crippen molar-refractivity contribution in [2.45, 2.75) is 25.0 Å².